The van der Waals surface area contributed by atoms with Crippen LogP contribution in [-0.4, -0.2) is 19.8 Å². The van der Waals surface area contributed by atoms with Crippen molar-refractivity contribution < 1.29 is 4.74 Å². The Kier molecular flexibility index (Phi) is 6.37. The quantitative estimate of drug-likeness (QED) is 0.797. The minimum atomic E-state index is 0.416. The normalized spacial score (nSPS) is 13.3. The molecular weight excluding hydrogens is 222 g/mol. The van der Waals surface area contributed by atoms with Crippen molar-refractivity contribution in [3.05, 3.63) is 35.4 Å². The van der Waals surface area contributed by atoms with Crippen LogP contribution in [0.2, 0.25) is 0 Å². The average Bonchev–Trinajstić information content (AvgIpc) is 2.34. The van der Waals surface area contributed by atoms with Gasteiger partial charge in [0.15, 0.2) is 0 Å². The monoisotopic (exact) mass is 249 g/mol. The molecule has 1 unspecified atom stereocenters. The van der Waals surface area contributed by atoms with Gasteiger partial charge in [-0.15, -0.1) is 0 Å². The number of hydrogen-bond acceptors (Lipinski definition) is 2. The third-order valence-electron chi connectivity index (χ3n) is 3.37. The lowest BCUT2D eigenvalue weighted by Gasteiger charge is -2.21. The van der Waals surface area contributed by atoms with Crippen molar-refractivity contribution in [3.8, 4) is 0 Å². The predicted octanol–water partition coefficient (Wildman–Crippen LogP) is 3.57. The Morgan fingerprint density at radius 1 is 1.06 bits per heavy atom. The van der Waals surface area contributed by atoms with Crippen LogP contribution >= 0.6 is 0 Å². The first kappa shape index (κ1) is 15.2. The average molecular weight is 249 g/mol. The first-order valence-corrected chi connectivity index (χ1v) is 6.85. The number of nitrogens with one attached hydrogen (secondary N) is 1. The van der Waals surface area contributed by atoms with Gasteiger partial charge in [0.05, 0.1) is 6.61 Å². The summed E-state index contributed by atoms with van der Waals surface area (Å²) in [4.78, 5) is 0. The lowest BCUT2D eigenvalue weighted by atomic mass is 10.0. The summed E-state index contributed by atoms with van der Waals surface area (Å²) in [6.07, 6.45) is 0. The van der Waals surface area contributed by atoms with E-state index in [-0.39, 0.29) is 0 Å². The minimum absolute atomic E-state index is 0.416. The van der Waals surface area contributed by atoms with Crippen LogP contribution in [0.25, 0.3) is 0 Å². The largest absolute Gasteiger partial charge is 0.383 e. The Balaban J connectivity index is 2.51. The number of benzene rings is 1. The van der Waals surface area contributed by atoms with Crippen molar-refractivity contribution in [1.29, 1.82) is 0 Å². The standard InChI is InChI=1S/C16H27NO/c1-12(2)15-8-6-14(7-9-15)10-17-16(11-18-5)13(3)4/h6-9,12-13,16-17H,10-11H2,1-5H3. The molecule has 0 saturated carbocycles. The molecule has 0 saturated heterocycles. The highest BCUT2D eigenvalue weighted by Gasteiger charge is 2.12. The molecule has 0 aliphatic heterocycles. The summed E-state index contributed by atoms with van der Waals surface area (Å²) in [5, 5.41) is 3.56. The second-order valence-corrected chi connectivity index (χ2v) is 5.58. The van der Waals surface area contributed by atoms with E-state index >= 15 is 0 Å². The fourth-order valence-electron chi connectivity index (χ4n) is 1.94. The Bertz CT molecular complexity index is 329. The summed E-state index contributed by atoms with van der Waals surface area (Å²) in [5.74, 6) is 1.18. The fourth-order valence-corrected chi connectivity index (χ4v) is 1.94. The van der Waals surface area contributed by atoms with E-state index in [0.717, 1.165) is 13.2 Å². The Morgan fingerprint density at radius 3 is 2.11 bits per heavy atom. The van der Waals surface area contributed by atoms with Gasteiger partial charge in [-0.1, -0.05) is 52.0 Å². The summed E-state index contributed by atoms with van der Waals surface area (Å²) in [6, 6.07) is 9.30. The molecule has 0 fully saturated rings. The van der Waals surface area contributed by atoms with Crippen molar-refractivity contribution in [2.45, 2.75) is 46.2 Å². The molecule has 0 bridgehead atoms. The van der Waals surface area contributed by atoms with Crippen molar-refractivity contribution in [3.63, 3.8) is 0 Å². The molecule has 2 heteroatoms. The van der Waals surface area contributed by atoms with Crippen LogP contribution in [0, 0.1) is 5.92 Å². The molecule has 1 atom stereocenters. The zero-order chi connectivity index (χ0) is 13.5. The highest BCUT2D eigenvalue weighted by atomic mass is 16.5. The molecule has 18 heavy (non-hydrogen) atoms. The lowest BCUT2D eigenvalue weighted by Crippen LogP contribution is -2.37. The van der Waals surface area contributed by atoms with Crippen molar-refractivity contribution in [2.75, 3.05) is 13.7 Å². The van der Waals surface area contributed by atoms with Gasteiger partial charge in [-0.05, 0) is 23.0 Å². The van der Waals surface area contributed by atoms with E-state index in [4.69, 9.17) is 4.74 Å². The van der Waals surface area contributed by atoms with Gasteiger partial charge < -0.3 is 10.1 Å². The molecule has 2 nitrogen and oxygen atoms in total. The van der Waals surface area contributed by atoms with Crippen molar-refractivity contribution >= 4 is 0 Å². The summed E-state index contributed by atoms with van der Waals surface area (Å²) in [5.41, 5.74) is 2.73. The molecule has 0 heterocycles. The third-order valence-corrected chi connectivity index (χ3v) is 3.37. The molecule has 1 aromatic carbocycles. The van der Waals surface area contributed by atoms with E-state index in [9.17, 15) is 0 Å². The van der Waals surface area contributed by atoms with Crippen molar-refractivity contribution in [2.24, 2.45) is 5.92 Å². The first-order valence-electron chi connectivity index (χ1n) is 6.85. The molecule has 0 aliphatic carbocycles. The number of methoxy groups -OCH3 is 1. The van der Waals surface area contributed by atoms with E-state index < -0.39 is 0 Å². The topological polar surface area (TPSA) is 21.3 Å². The number of hydrogen-bond donors (Lipinski definition) is 1. The SMILES string of the molecule is COCC(NCc1ccc(C(C)C)cc1)C(C)C. The Labute approximate surface area is 112 Å². The van der Waals surface area contributed by atoms with E-state index in [1.807, 2.05) is 0 Å². The molecule has 1 aromatic rings. The number of ether oxygens (including phenoxy) is 1. The smallest absolute Gasteiger partial charge is 0.0618 e. The van der Waals surface area contributed by atoms with E-state index in [1.54, 1.807) is 7.11 Å². The molecular formula is C16H27NO. The Morgan fingerprint density at radius 2 is 1.67 bits per heavy atom. The first-order chi connectivity index (χ1) is 8.54. The highest BCUT2D eigenvalue weighted by Crippen LogP contribution is 2.14. The predicted molar refractivity (Wildman–Crippen MR) is 77.9 cm³/mol. The van der Waals surface area contributed by atoms with Crippen LogP contribution in [0.4, 0.5) is 0 Å². The van der Waals surface area contributed by atoms with Crippen LogP contribution < -0.4 is 5.32 Å². The van der Waals surface area contributed by atoms with Gasteiger partial charge in [0, 0.05) is 19.7 Å². The van der Waals surface area contributed by atoms with Gasteiger partial charge in [0.1, 0.15) is 0 Å². The van der Waals surface area contributed by atoms with E-state index in [0.29, 0.717) is 17.9 Å². The Hall–Kier alpha value is -0.860. The lowest BCUT2D eigenvalue weighted by molar-refractivity contribution is 0.146. The summed E-state index contributed by atoms with van der Waals surface area (Å²) in [6.45, 7) is 10.6. The van der Waals surface area contributed by atoms with Crippen molar-refractivity contribution in [1.82, 2.24) is 5.32 Å². The zero-order valence-corrected chi connectivity index (χ0v) is 12.4. The fraction of sp³-hybridized carbons (Fsp3) is 0.625. The molecule has 102 valence electrons. The van der Waals surface area contributed by atoms with Gasteiger partial charge in [-0.25, -0.2) is 0 Å². The van der Waals surface area contributed by atoms with Gasteiger partial charge in [-0.3, -0.25) is 0 Å². The number of rotatable bonds is 7. The van der Waals surface area contributed by atoms with Crippen LogP contribution in [0.15, 0.2) is 24.3 Å². The van der Waals surface area contributed by atoms with Gasteiger partial charge in [-0.2, -0.15) is 0 Å². The maximum atomic E-state index is 5.24. The maximum Gasteiger partial charge on any atom is 0.0618 e. The van der Waals surface area contributed by atoms with Crippen LogP contribution in [0.1, 0.15) is 44.7 Å². The van der Waals surface area contributed by atoms with Gasteiger partial charge in [0.2, 0.25) is 0 Å². The second kappa shape index (κ2) is 7.55. The second-order valence-electron chi connectivity index (χ2n) is 5.58. The van der Waals surface area contributed by atoms with Gasteiger partial charge in [0.25, 0.3) is 0 Å². The van der Waals surface area contributed by atoms with E-state index in [1.165, 1.54) is 11.1 Å². The van der Waals surface area contributed by atoms with Crippen LogP contribution in [0.5, 0.6) is 0 Å². The summed E-state index contributed by atoms with van der Waals surface area (Å²) in [7, 11) is 1.76. The van der Waals surface area contributed by atoms with Crippen LogP contribution in [0.3, 0.4) is 0 Å². The summed E-state index contributed by atoms with van der Waals surface area (Å²) < 4.78 is 5.24. The molecule has 0 amide bonds. The van der Waals surface area contributed by atoms with Crippen LogP contribution in [-0.2, 0) is 11.3 Å². The molecule has 0 aliphatic rings. The molecule has 0 radical (unpaired) electrons. The molecule has 0 spiro atoms. The molecule has 1 N–H and O–H groups in total. The molecule has 1 rings (SSSR count). The summed E-state index contributed by atoms with van der Waals surface area (Å²) >= 11 is 0. The van der Waals surface area contributed by atoms with E-state index in [2.05, 4.69) is 57.3 Å². The third kappa shape index (κ3) is 4.79. The zero-order valence-electron chi connectivity index (χ0n) is 12.4. The maximum absolute atomic E-state index is 5.24. The highest BCUT2D eigenvalue weighted by molar-refractivity contribution is 5.24. The minimum Gasteiger partial charge on any atom is -0.383 e. The molecule has 0 aromatic heterocycles. The van der Waals surface area contributed by atoms with Gasteiger partial charge >= 0.3 is 0 Å².